The Morgan fingerprint density at radius 1 is 1.28 bits per heavy atom. The standard InChI is InChI=1S/C24H34N4O4/c1-16-6-8-17(9-7-16)26-22(30)19-20(29)18-5-4-10-25-21(18)28(23(19)31)12-11-27-13-14-32-15-24(27,2)3/h4-5,10,16-17,29H,6-9,11-15H2,1-3H3,(H,26,30)/t16-,17+. The van der Waals surface area contributed by atoms with Crippen LogP contribution >= 0.6 is 0 Å². The third kappa shape index (κ3) is 4.52. The summed E-state index contributed by atoms with van der Waals surface area (Å²) in [7, 11) is 0. The van der Waals surface area contributed by atoms with Crippen LogP contribution in [0, 0.1) is 5.92 Å². The Bertz CT molecular complexity index is 1040. The topological polar surface area (TPSA) is 96.7 Å². The van der Waals surface area contributed by atoms with Gasteiger partial charge in [0.25, 0.3) is 11.5 Å². The molecular weight excluding hydrogens is 408 g/mol. The number of pyridine rings is 2. The molecule has 4 rings (SSSR count). The lowest BCUT2D eigenvalue weighted by molar-refractivity contribution is -0.0520. The summed E-state index contributed by atoms with van der Waals surface area (Å²) in [5.74, 6) is -0.133. The van der Waals surface area contributed by atoms with Gasteiger partial charge >= 0.3 is 0 Å². The van der Waals surface area contributed by atoms with Gasteiger partial charge in [-0.1, -0.05) is 6.92 Å². The molecule has 2 aromatic heterocycles. The molecule has 32 heavy (non-hydrogen) atoms. The molecule has 2 N–H and O–H groups in total. The van der Waals surface area contributed by atoms with Crippen molar-refractivity contribution in [3.8, 4) is 5.75 Å². The lowest BCUT2D eigenvalue weighted by Gasteiger charge is -2.42. The SMILES string of the molecule is CC1(C)COCCN1CCn1c(=O)c(C(=O)N[C@H]2CC[C@@H](C)CC2)c(O)c2cccnc21. The molecule has 0 radical (unpaired) electrons. The summed E-state index contributed by atoms with van der Waals surface area (Å²) in [5.41, 5.74) is -0.434. The first kappa shape index (κ1) is 22.7. The maximum atomic E-state index is 13.4. The van der Waals surface area contributed by atoms with Gasteiger partial charge < -0.3 is 15.2 Å². The van der Waals surface area contributed by atoms with Crippen LogP contribution in [0.2, 0.25) is 0 Å². The van der Waals surface area contributed by atoms with E-state index in [0.29, 0.717) is 43.3 Å². The van der Waals surface area contributed by atoms with Crippen LogP contribution in [0.15, 0.2) is 23.1 Å². The number of hydrogen-bond acceptors (Lipinski definition) is 6. The number of aromatic hydroxyl groups is 1. The number of aromatic nitrogens is 2. The van der Waals surface area contributed by atoms with E-state index in [1.807, 2.05) is 0 Å². The summed E-state index contributed by atoms with van der Waals surface area (Å²) >= 11 is 0. The van der Waals surface area contributed by atoms with E-state index >= 15 is 0 Å². The van der Waals surface area contributed by atoms with E-state index < -0.39 is 11.5 Å². The van der Waals surface area contributed by atoms with Crippen LogP contribution in [0.5, 0.6) is 5.75 Å². The Hall–Kier alpha value is -2.45. The van der Waals surface area contributed by atoms with E-state index in [0.717, 1.165) is 32.2 Å². The molecule has 2 aromatic rings. The Kier molecular flexibility index (Phi) is 6.53. The molecule has 1 amide bonds. The second-order valence-corrected chi connectivity index (χ2v) is 9.84. The molecule has 174 valence electrons. The Morgan fingerprint density at radius 2 is 2.03 bits per heavy atom. The zero-order valence-corrected chi connectivity index (χ0v) is 19.3. The smallest absolute Gasteiger partial charge is 0.268 e. The van der Waals surface area contributed by atoms with Crippen molar-refractivity contribution in [2.75, 3.05) is 26.3 Å². The van der Waals surface area contributed by atoms with Crippen molar-refractivity contribution in [2.45, 2.75) is 64.6 Å². The lowest BCUT2D eigenvalue weighted by atomic mass is 9.87. The van der Waals surface area contributed by atoms with Gasteiger partial charge in [0.05, 0.1) is 18.6 Å². The predicted octanol–water partition coefficient (Wildman–Crippen LogP) is 2.52. The van der Waals surface area contributed by atoms with Crippen molar-refractivity contribution in [1.29, 1.82) is 0 Å². The Labute approximate surface area is 188 Å². The predicted molar refractivity (Wildman–Crippen MR) is 123 cm³/mol. The second kappa shape index (κ2) is 9.19. The average molecular weight is 443 g/mol. The molecule has 2 aliphatic rings. The molecule has 1 saturated heterocycles. The van der Waals surface area contributed by atoms with Crippen LogP contribution in [-0.4, -0.2) is 63.3 Å². The number of carbonyl (C=O) groups is 1. The number of nitrogens with zero attached hydrogens (tertiary/aromatic N) is 3. The fraction of sp³-hybridized carbons (Fsp3) is 0.625. The zero-order chi connectivity index (χ0) is 22.9. The third-order valence-corrected chi connectivity index (χ3v) is 6.98. The fourth-order valence-corrected chi connectivity index (χ4v) is 4.86. The van der Waals surface area contributed by atoms with Crippen molar-refractivity contribution in [1.82, 2.24) is 19.8 Å². The zero-order valence-electron chi connectivity index (χ0n) is 19.3. The molecule has 0 atom stereocenters. The van der Waals surface area contributed by atoms with Crippen LogP contribution in [-0.2, 0) is 11.3 Å². The summed E-state index contributed by atoms with van der Waals surface area (Å²) in [4.78, 5) is 33.2. The van der Waals surface area contributed by atoms with Gasteiger partial charge in [-0.3, -0.25) is 19.1 Å². The number of morpholine rings is 1. The lowest BCUT2D eigenvalue weighted by Crippen LogP contribution is -2.54. The largest absolute Gasteiger partial charge is 0.506 e. The fourth-order valence-electron chi connectivity index (χ4n) is 4.86. The monoisotopic (exact) mass is 442 g/mol. The van der Waals surface area contributed by atoms with Gasteiger partial charge in [-0.15, -0.1) is 0 Å². The molecule has 1 aliphatic carbocycles. The normalized spacial score (nSPS) is 23.8. The van der Waals surface area contributed by atoms with Crippen molar-refractivity contribution in [2.24, 2.45) is 5.92 Å². The maximum absolute atomic E-state index is 13.4. The number of rotatable bonds is 5. The van der Waals surface area contributed by atoms with Crippen molar-refractivity contribution < 1.29 is 14.6 Å². The van der Waals surface area contributed by atoms with Gasteiger partial charge in [0, 0.05) is 37.4 Å². The van der Waals surface area contributed by atoms with Crippen LogP contribution in [0.4, 0.5) is 0 Å². The van der Waals surface area contributed by atoms with Crippen LogP contribution in [0.1, 0.15) is 56.8 Å². The summed E-state index contributed by atoms with van der Waals surface area (Å²) in [6.07, 6.45) is 5.49. The molecule has 8 nitrogen and oxygen atoms in total. The summed E-state index contributed by atoms with van der Waals surface area (Å²) in [6.45, 7) is 9.50. The number of nitrogens with one attached hydrogen (secondary N) is 1. The van der Waals surface area contributed by atoms with E-state index in [1.165, 1.54) is 4.57 Å². The molecule has 0 aromatic carbocycles. The minimum atomic E-state index is -0.502. The number of ether oxygens (including phenoxy) is 1. The minimum absolute atomic E-state index is 0.0321. The highest BCUT2D eigenvalue weighted by molar-refractivity contribution is 6.01. The number of fused-ring (bicyclic) bond motifs is 1. The molecule has 0 bridgehead atoms. The molecule has 8 heteroatoms. The summed E-state index contributed by atoms with van der Waals surface area (Å²) in [6, 6.07) is 3.43. The van der Waals surface area contributed by atoms with E-state index in [-0.39, 0.29) is 22.9 Å². The van der Waals surface area contributed by atoms with Gasteiger partial charge in [-0.05, 0) is 57.6 Å². The molecule has 0 spiro atoms. The van der Waals surface area contributed by atoms with Gasteiger partial charge in [-0.2, -0.15) is 0 Å². The second-order valence-electron chi connectivity index (χ2n) is 9.84. The quantitative estimate of drug-likeness (QED) is 0.739. The third-order valence-electron chi connectivity index (χ3n) is 6.98. The molecular formula is C24H34N4O4. The van der Waals surface area contributed by atoms with E-state index in [4.69, 9.17) is 4.74 Å². The van der Waals surface area contributed by atoms with E-state index in [9.17, 15) is 14.7 Å². The van der Waals surface area contributed by atoms with Gasteiger partial charge in [0.15, 0.2) is 0 Å². The highest BCUT2D eigenvalue weighted by Crippen LogP contribution is 2.27. The van der Waals surface area contributed by atoms with Gasteiger partial charge in [0.2, 0.25) is 0 Å². The number of amides is 1. The summed E-state index contributed by atoms with van der Waals surface area (Å²) in [5, 5.41) is 14.3. The highest BCUT2D eigenvalue weighted by Gasteiger charge is 2.31. The van der Waals surface area contributed by atoms with Crippen LogP contribution in [0.25, 0.3) is 11.0 Å². The van der Waals surface area contributed by atoms with Crippen LogP contribution < -0.4 is 10.9 Å². The number of carbonyl (C=O) groups excluding carboxylic acids is 1. The Morgan fingerprint density at radius 3 is 2.75 bits per heavy atom. The number of hydrogen-bond donors (Lipinski definition) is 2. The molecule has 1 saturated carbocycles. The highest BCUT2D eigenvalue weighted by atomic mass is 16.5. The first-order valence-electron chi connectivity index (χ1n) is 11.6. The summed E-state index contributed by atoms with van der Waals surface area (Å²) < 4.78 is 7.12. The average Bonchev–Trinajstić information content (AvgIpc) is 2.76. The molecule has 1 aliphatic heterocycles. The first-order valence-corrected chi connectivity index (χ1v) is 11.6. The van der Waals surface area contributed by atoms with Crippen molar-refractivity contribution in [3.63, 3.8) is 0 Å². The molecule has 0 unspecified atom stereocenters. The van der Waals surface area contributed by atoms with Crippen molar-refractivity contribution in [3.05, 3.63) is 34.2 Å². The molecule has 3 heterocycles. The van der Waals surface area contributed by atoms with Gasteiger partial charge in [-0.25, -0.2) is 4.98 Å². The van der Waals surface area contributed by atoms with Crippen molar-refractivity contribution >= 4 is 16.9 Å². The first-order chi connectivity index (χ1) is 15.3. The van der Waals surface area contributed by atoms with Gasteiger partial charge in [0.1, 0.15) is 17.0 Å². The minimum Gasteiger partial charge on any atom is -0.506 e. The van der Waals surface area contributed by atoms with E-state index in [2.05, 4.69) is 36.0 Å². The molecule has 2 fully saturated rings. The van der Waals surface area contributed by atoms with E-state index in [1.54, 1.807) is 18.3 Å². The maximum Gasteiger partial charge on any atom is 0.268 e. The Balaban J connectivity index is 1.65. The van der Waals surface area contributed by atoms with Crippen LogP contribution in [0.3, 0.4) is 0 Å².